The monoisotopic (exact) mass is 1550 g/mol. The Morgan fingerprint density at radius 2 is 0.436 bits per heavy atom. The summed E-state index contributed by atoms with van der Waals surface area (Å²) in [6.07, 6.45) is 24.9. The summed E-state index contributed by atoms with van der Waals surface area (Å²) < 4.78 is 74.6. The largest absolute Gasteiger partial charge is 0.463 e. The Labute approximate surface area is 641 Å². The van der Waals surface area contributed by atoms with E-state index in [0.29, 0.717) is 38.9 Å². The van der Waals surface area contributed by atoms with Crippen molar-refractivity contribution in [3.63, 3.8) is 0 Å². The van der Waals surface area contributed by atoms with Gasteiger partial charge >= 0.3 is 95.5 Å². The highest BCUT2D eigenvalue weighted by Crippen LogP contribution is 2.01. The number of unbranched alkanes of at least 4 members (excludes halogenated alkanes) is 1. The molecule has 0 aliphatic carbocycles. The molecule has 0 saturated heterocycles. The summed E-state index contributed by atoms with van der Waals surface area (Å²) >= 11 is 0. The van der Waals surface area contributed by atoms with Gasteiger partial charge in [0.05, 0.1) is 46.2 Å². The summed E-state index contributed by atoms with van der Waals surface area (Å²) in [6, 6.07) is 0. The van der Waals surface area contributed by atoms with Crippen molar-refractivity contribution >= 4 is 95.5 Å². The van der Waals surface area contributed by atoms with E-state index in [1.54, 1.807) is 45.1 Å². The molecule has 0 saturated carbocycles. The van der Waals surface area contributed by atoms with Gasteiger partial charge in [0, 0.05) is 116 Å². The molecule has 0 aromatic carbocycles. The van der Waals surface area contributed by atoms with Crippen LogP contribution in [0.5, 0.6) is 0 Å². The molecule has 0 fully saturated rings. The third kappa shape index (κ3) is 98.6. The molecular weight excluding hydrogens is 1450 g/mol. The van der Waals surface area contributed by atoms with Crippen molar-refractivity contribution in [2.75, 3.05) is 92.5 Å². The zero-order chi connectivity index (χ0) is 85.6. The van der Waals surface area contributed by atoms with Crippen LogP contribution in [-0.4, -0.2) is 200 Å². The normalized spacial score (nSPS) is 9.45. The Morgan fingerprint density at radius 3 is 0.691 bits per heavy atom. The fraction of sp³-hybridized carbons (Fsp3) is 0.308. The van der Waals surface area contributed by atoms with Crippen LogP contribution in [0.4, 0.5) is 0 Å². The van der Waals surface area contributed by atoms with Gasteiger partial charge in [-0.2, -0.15) is 0 Å². The van der Waals surface area contributed by atoms with Crippen molar-refractivity contribution < 1.29 is 153 Å². The maximum Gasteiger partial charge on any atom is 0.331 e. The van der Waals surface area contributed by atoms with E-state index in [1.165, 1.54) is 0 Å². The van der Waals surface area contributed by atoms with Crippen LogP contribution in [0.2, 0.25) is 0 Å². The molecule has 0 bridgehead atoms. The predicted molar refractivity (Wildman–Crippen MR) is 401 cm³/mol. The summed E-state index contributed by atoms with van der Waals surface area (Å²) in [5, 5.41) is 0. The van der Waals surface area contributed by atoms with E-state index < -0.39 is 102 Å². The third-order valence-corrected chi connectivity index (χ3v) is 9.67. The van der Waals surface area contributed by atoms with Crippen LogP contribution in [0.15, 0.2) is 227 Å². The van der Waals surface area contributed by atoms with E-state index in [0.717, 1.165) is 97.2 Å². The average molecular weight is 1550 g/mol. The van der Waals surface area contributed by atoms with E-state index in [9.17, 15) is 76.7 Å². The number of carbonyl (C=O) groups excluding carboxylic acids is 16. The Morgan fingerprint density at radius 1 is 0.236 bits per heavy atom. The maximum atomic E-state index is 10.7. The van der Waals surface area contributed by atoms with Crippen molar-refractivity contribution in [3.8, 4) is 11.8 Å². The number of carbonyl (C=O) groups is 16. The third-order valence-electron chi connectivity index (χ3n) is 9.67. The van der Waals surface area contributed by atoms with E-state index in [1.807, 2.05) is 0 Å². The van der Waals surface area contributed by atoms with Gasteiger partial charge in [0.15, 0.2) is 13.2 Å². The second-order valence-electron chi connectivity index (χ2n) is 18.5. The summed E-state index contributed by atoms with van der Waals surface area (Å²) in [4.78, 5) is 169. The summed E-state index contributed by atoms with van der Waals surface area (Å²) in [5.74, 6) is -2.94. The van der Waals surface area contributed by atoms with Gasteiger partial charge in [-0.3, -0.25) is 0 Å². The molecule has 0 spiro atoms. The SMILES string of the molecule is C=CC(=O)OC/C=C/COC(=O)C=C.C=CC(=O)OC/C=C\COC(=O)C=C.C=CC(=O)OCC#CCOC(=O)C=C.C=CC(=O)OCC(C)COC(=O)C=C.C=CC(=O)OCC(C)OC(=O)C=C.C=CC(=O)OCCC(C)OC(=O)C=C.C=CC(=O)OCCCCOC(=O)C=C.C=CC(=O)OCCCOC(=O)C=C. The first-order valence-corrected chi connectivity index (χ1v) is 31.8. The molecule has 32 nitrogen and oxygen atoms in total. The molecule has 0 amide bonds. The fourth-order valence-electron chi connectivity index (χ4n) is 4.50. The second-order valence-corrected chi connectivity index (χ2v) is 18.5. The van der Waals surface area contributed by atoms with Crippen molar-refractivity contribution in [2.45, 2.75) is 58.7 Å². The average Bonchev–Trinajstić information content (AvgIpc) is 1.06. The number of hydrogen-bond donors (Lipinski definition) is 0. The Bertz CT molecular complexity index is 2940. The first-order chi connectivity index (χ1) is 52.3. The molecule has 110 heavy (non-hydrogen) atoms. The van der Waals surface area contributed by atoms with Crippen LogP contribution in [-0.2, 0) is 153 Å². The maximum absolute atomic E-state index is 10.7. The summed E-state index contributed by atoms with van der Waals surface area (Å²) in [7, 11) is 0. The molecule has 0 aliphatic rings. The van der Waals surface area contributed by atoms with Crippen LogP contribution in [0.25, 0.3) is 0 Å². The smallest absolute Gasteiger partial charge is 0.331 e. The number of ether oxygens (including phenoxy) is 16. The van der Waals surface area contributed by atoms with E-state index >= 15 is 0 Å². The second kappa shape index (κ2) is 86.0. The van der Waals surface area contributed by atoms with Crippen molar-refractivity contribution in [3.05, 3.63) is 227 Å². The molecular formula is C78H100O32. The van der Waals surface area contributed by atoms with Gasteiger partial charge in [0.25, 0.3) is 0 Å². The van der Waals surface area contributed by atoms with Gasteiger partial charge in [-0.1, -0.05) is 124 Å². The number of hydrogen-bond acceptors (Lipinski definition) is 32. The number of rotatable bonds is 46. The van der Waals surface area contributed by atoms with Crippen LogP contribution in [0, 0.1) is 17.8 Å². The van der Waals surface area contributed by atoms with Crippen molar-refractivity contribution in [1.29, 1.82) is 0 Å². The van der Waals surface area contributed by atoms with Gasteiger partial charge in [-0.25, -0.2) is 76.7 Å². The van der Waals surface area contributed by atoms with E-state index in [-0.39, 0.29) is 91.3 Å². The lowest BCUT2D eigenvalue weighted by molar-refractivity contribution is -0.151. The summed E-state index contributed by atoms with van der Waals surface area (Å²) in [6.45, 7) is 59.0. The van der Waals surface area contributed by atoms with E-state index in [2.05, 4.69) is 160 Å². The zero-order valence-corrected chi connectivity index (χ0v) is 62.4. The zero-order valence-electron chi connectivity index (χ0n) is 62.4. The molecule has 0 aromatic heterocycles. The molecule has 32 heteroatoms. The van der Waals surface area contributed by atoms with Gasteiger partial charge in [-0.15, -0.1) is 0 Å². The minimum Gasteiger partial charge on any atom is -0.463 e. The molecule has 0 aromatic rings. The first-order valence-electron chi connectivity index (χ1n) is 31.8. The quantitative estimate of drug-likeness (QED) is 0.0141. The lowest BCUT2D eigenvalue weighted by Crippen LogP contribution is -2.20. The standard InChI is InChI=1S/3C10H14O4.2C10H12O4.C10H10O4.2C9H12O4/c1-4-9(11)13-6-8(3)7-14-10(12)5-2;1-4-9(11)13-7-6-8(3)14-10(12)5-2;4*1-3-9(11)13-7-5-6-8-14-10(12)4-2;1-4-8(10)12-6-7(3)13-9(11)5-2;1-3-8(10)12-6-5-7-13-9(11)4-2/h2*4-5,8H,1-2,6-7H2,3H3;3-4H,1-2,5-8H2;2*3-6H,1-2,7-8H2;3-4H,1-2,7-8H2;4-5,7H,1-2,6H2,3H3;3-4H,1-2,5-7H2/b;;;6-5+;6-5-;;;. The minimum atomic E-state index is -0.540. The molecule has 2 atom stereocenters. The van der Waals surface area contributed by atoms with Crippen LogP contribution in [0.3, 0.4) is 0 Å². The minimum absolute atomic E-state index is 0.0183. The van der Waals surface area contributed by atoms with Crippen LogP contribution in [0.1, 0.15) is 46.5 Å². The Hall–Kier alpha value is -13.6. The molecule has 0 N–H and O–H groups in total. The molecule has 0 rings (SSSR count). The topological polar surface area (TPSA) is 421 Å². The molecule has 604 valence electrons. The van der Waals surface area contributed by atoms with Gasteiger partial charge in [-0.05, 0) is 51.0 Å². The lowest BCUT2D eigenvalue weighted by Gasteiger charge is -2.11. The molecule has 0 radical (unpaired) electrons. The summed E-state index contributed by atoms with van der Waals surface area (Å²) in [5.41, 5.74) is 0. The number of esters is 16. The van der Waals surface area contributed by atoms with Crippen molar-refractivity contribution in [1.82, 2.24) is 0 Å². The van der Waals surface area contributed by atoms with Gasteiger partial charge < -0.3 is 75.8 Å². The highest BCUT2D eigenvalue weighted by Gasteiger charge is 2.10. The molecule has 0 heterocycles. The van der Waals surface area contributed by atoms with Gasteiger partial charge in [0.2, 0.25) is 0 Å². The van der Waals surface area contributed by atoms with E-state index in [4.69, 9.17) is 33.2 Å². The van der Waals surface area contributed by atoms with Crippen molar-refractivity contribution in [2.24, 2.45) is 5.92 Å². The highest BCUT2D eigenvalue weighted by atomic mass is 16.6. The lowest BCUT2D eigenvalue weighted by atomic mass is 10.2. The molecule has 0 aliphatic heterocycles. The first kappa shape index (κ1) is 112. The van der Waals surface area contributed by atoms with Crippen LogP contribution < -0.4 is 0 Å². The van der Waals surface area contributed by atoms with Crippen LogP contribution >= 0.6 is 0 Å². The Kier molecular flexibility index (Phi) is 87.8. The Balaban J connectivity index is -0.000000180. The fourth-order valence-corrected chi connectivity index (χ4v) is 4.50. The highest BCUT2D eigenvalue weighted by molar-refractivity contribution is 5.86. The van der Waals surface area contributed by atoms with Gasteiger partial charge in [0.1, 0.15) is 45.2 Å². The predicted octanol–water partition coefficient (Wildman–Crippen LogP) is 7.65. The molecule has 2 unspecified atom stereocenters.